The van der Waals surface area contributed by atoms with E-state index in [1.807, 2.05) is 37.8 Å². The zero-order valence-corrected chi connectivity index (χ0v) is 10.3. The SMILES string of the molecule is CCCNCc1cnccc1-n1ccnc1C. The summed E-state index contributed by atoms with van der Waals surface area (Å²) in [5.41, 5.74) is 2.35. The Kier molecular flexibility index (Phi) is 3.88. The first-order valence-corrected chi connectivity index (χ1v) is 5.97. The van der Waals surface area contributed by atoms with E-state index in [1.54, 1.807) is 0 Å². The Labute approximate surface area is 102 Å². The molecule has 2 aromatic rings. The molecule has 0 aliphatic heterocycles. The number of nitrogens with one attached hydrogen (secondary N) is 1. The van der Waals surface area contributed by atoms with Gasteiger partial charge in [0.25, 0.3) is 0 Å². The summed E-state index contributed by atoms with van der Waals surface area (Å²) in [6.07, 6.45) is 8.67. The fourth-order valence-corrected chi connectivity index (χ4v) is 1.82. The van der Waals surface area contributed by atoms with Crippen molar-refractivity contribution in [2.24, 2.45) is 0 Å². The summed E-state index contributed by atoms with van der Waals surface area (Å²) >= 11 is 0. The summed E-state index contributed by atoms with van der Waals surface area (Å²) in [6, 6.07) is 2.03. The molecule has 0 aliphatic rings. The van der Waals surface area contributed by atoms with E-state index in [9.17, 15) is 0 Å². The number of nitrogens with zero attached hydrogens (tertiary/aromatic N) is 3. The molecule has 17 heavy (non-hydrogen) atoms. The highest BCUT2D eigenvalue weighted by Gasteiger charge is 2.06. The molecule has 0 saturated heterocycles. The van der Waals surface area contributed by atoms with Crippen molar-refractivity contribution in [1.29, 1.82) is 0 Å². The van der Waals surface area contributed by atoms with Crippen LogP contribution in [0.2, 0.25) is 0 Å². The molecule has 0 bridgehead atoms. The first-order chi connectivity index (χ1) is 8.33. The number of pyridine rings is 1. The maximum Gasteiger partial charge on any atom is 0.110 e. The average Bonchev–Trinajstić information content (AvgIpc) is 2.76. The van der Waals surface area contributed by atoms with Gasteiger partial charge in [-0.05, 0) is 26.0 Å². The molecule has 0 spiro atoms. The number of rotatable bonds is 5. The van der Waals surface area contributed by atoms with Gasteiger partial charge in [-0.1, -0.05) is 6.92 Å². The molecule has 0 saturated carbocycles. The van der Waals surface area contributed by atoms with Gasteiger partial charge in [0.1, 0.15) is 5.82 Å². The van der Waals surface area contributed by atoms with Crippen LogP contribution in [0.3, 0.4) is 0 Å². The molecule has 0 atom stereocenters. The molecule has 2 rings (SSSR count). The van der Waals surface area contributed by atoms with Crippen LogP contribution in [-0.4, -0.2) is 21.1 Å². The quantitative estimate of drug-likeness (QED) is 0.800. The van der Waals surface area contributed by atoms with Crippen molar-refractivity contribution >= 4 is 0 Å². The molecule has 4 heteroatoms. The Morgan fingerprint density at radius 3 is 2.94 bits per heavy atom. The normalized spacial score (nSPS) is 10.7. The Morgan fingerprint density at radius 1 is 1.35 bits per heavy atom. The van der Waals surface area contributed by atoms with Crippen molar-refractivity contribution in [2.75, 3.05) is 6.54 Å². The third kappa shape index (κ3) is 2.71. The molecule has 0 radical (unpaired) electrons. The van der Waals surface area contributed by atoms with Crippen molar-refractivity contribution < 1.29 is 0 Å². The summed E-state index contributed by atoms with van der Waals surface area (Å²) in [5.74, 6) is 0.993. The van der Waals surface area contributed by atoms with E-state index in [0.717, 1.165) is 31.0 Å². The van der Waals surface area contributed by atoms with Gasteiger partial charge in [-0.25, -0.2) is 4.98 Å². The number of imidazole rings is 1. The summed E-state index contributed by atoms with van der Waals surface area (Å²) in [5, 5.41) is 3.40. The lowest BCUT2D eigenvalue weighted by atomic mass is 10.2. The Bertz CT molecular complexity index is 476. The monoisotopic (exact) mass is 230 g/mol. The lowest BCUT2D eigenvalue weighted by Gasteiger charge is -2.11. The van der Waals surface area contributed by atoms with Crippen LogP contribution >= 0.6 is 0 Å². The lowest BCUT2D eigenvalue weighted by molar-refractivity contribution is 0.670. The van der Waals surface area contributed by atoms with Gasteiger partial charge in [-0.2, -0.15) is 0 Å². The van der Waals surface area contributed by atoms with Crippen LogP contribution in [0.1, 0.15) is 24.7 Å². The van der Waals surface area contributed by atoms with Crippen molar-refractivity contribution in [3.05, 3.63) is 42.2 Å². The minimum Gasteiger partial charge on any atom is -0.313 e. The molecular weight excluding hydrogens is 212 g/mol. The van der Waals surface area contributed by atoms with Crippen LogP contribution in [-0.2, 0) is 6.54 Å². The van der Waals surface area contributed by atoms with E-state index in [0.29, 0.717) is 0 Å². The van der Waals surface area contributed by atoms with Gasteiger partial charge in [0.05, 0.1) is 5.69 Å². The lowest BCUT2D eigenvalue weighted by Crippen LogP contribution is -2.16. The minimum atomic E-state index is 0.842. The van der Waals surface area contributed by atoms with Crippen molar-refractivity contribution in [3.63, 3.8) is 0 Å². The Morgan fingerprint density at radius 2 is 2.24 bits per heavy atom. The highest BCUT2D eigenvalue weighted by Crippen LogP contribution is 2.14. The highest BCUT2D eigenvalue weighted by atomic mass is 15.1. The maximum absolute atomic E-state index is 4.25. The molecule has 2 aromatic heterocycles. The van der Waals surface area contributed by atoms with E-state index < -0.39 is 0 Å². The molecule has 0 aromatic carbocycles. The van der Waals surface area contributed by atoms with Gasteiger partial charge in [-0.15, -0.1) is 0 Å². The van der Waals surface area contributed by atoms with Crippen LogP contribution < -0.4 is 5.32 Å². The molecule has 2 heterocycles. The van der Waals surface area contributed by atoms with E-state index in [1.165, 1.54) is 5.56 Å². The predicted octanol–water partition coefficient (Wildman–Crippen LogP) is 2.08. The third-order valence-electron chi connectivity index (χ3n) is 2.71. The summed E-state index contributed by atoms with van der Waals surface area (Å²) in [6.45, 7) is 6.03. The van der Waals surface area contributed by atoms with Crippen LogP contribution in [0.15, 0.2) is 30.9 Å². The summed E-state index contributed by atoms with van der Waals surface area (Å²) in [4.78, 5) is 8.44. The van der Waals surface area contributed by atoms with Crippen molar-refractivity contribution in [3.8, 4) is 5.69 Å². The zero-order chi connectivity index (χ0) is 12.1. The Hall–Kier alpha value is -1.68. The van der Waals surface area contributed by atoms with Crippen molar-refractivity contribution in [1.82, 2.24) is 19.9 Å². The smallest absolute Gasteiger partial charge is 0.110 e. The first kappa shape index (κ1) is 11.8. The minimum absolute atomic E-state index is 0.842. The summed E-state index contributed by atoms with van der Waals surface area (Å²) in [7, 11) is 0. The fourth-order valence-electron chi connectivity index (χ4n) is 1.82. The van der Waals surface area contributed by atoms with Gasteiger partial charge in [0.15, 0.2) is 0 Å². The molecular formula is C13H18N4. The second kappa shape index (κ2) is 5.59. The standard InChI is InChI=1S/C13H18N4/c1-3-5-14-9-12-10-15-6-4-13(12)17-8-7-16-11(17)2/h4,6-8,10,14H,3,5,9H2,1-2H3. The molecule has 0 amide bonds. The van der Waals surface area contributed by atoms with E-state index in [4.69, 9.17) is 0 Å². The second-order valence-electron chi connectivity index (χ2n) is 4.03. The molecule has 4 nitrogen and oxygen atoms in total. The molecule has 0 fully saturated rings. The van der Waals surface area contributed by atoms with Crippen LogP contribution in [0, 0.1) is 6.92 Å². The predicted molar refractivity (Wildman–Crippen MR) is 68.1 cm³/mol. The zero-order valence-electron chi connectivity index (χ0n) is 10.3. The van der Waals surface area contributed by atoms with Gasteiger partial charge in [0.2, 0.25) is 0 Å². The fraction of sp³-hybridized carbons (Fsp3) is 0.385. The molecule has 90 valence electrons. The van der Waals surface area contributed by atoms with Crippen molar-refractivity contribution in [2.45, 2.75) is 26.8 Å². The van der Waals surface area contributed by atoms with Gasteiger partial charge < -0.3 is 9.88 Å². The van der Waals surface area contributed by atoms with Crippen LogP contribution in [0.4, 0.5) is 0 Å². The van der Waals surface area contributed by atoms with Gasteiger partial charge in [-0.3, -0.25) is 4.98 Å². The number of aryl methyl sites for hydroxylation is 1. The third-order valence-corrected chi connectivity index (χ3v) is 2.71. The second-order valence-corrected chi connectivity index (χ2v) is 4.03. The topological polar surface area (TPSA) is 42.7 Å². The van der Waals surface area contributed by atoms with Crippen LogP contribution in [0.25, 0.3) is 5.69 Å². The van der Waals surface area contributed by atoms with Gasteiger partial charge in [0, 0.05) is 36.9 Å². The van der Waals surface area contributed by atoms with E-state index >= 15 is 0 Å². The van der Waals surface area contributed by atoms with E-state index in [2.05, 4.69) is 26.8 Å². The van der Waals surface area contributed by atoms with E-state index in [-0.39, 0.29) is 0 Å². The Balaban J connectivity index is 2.25. The number of hydrogen-bond acceptors (Lipinski definition) is 3. The highest BCUT2D eigenvalue weighted by molar-refractivity contribution is 5.39. The maximum atomic E-state index is 4.25. The average molecular weight is 230 g/mol. The number of aromatic nitrogens is 3. The molecule has 1 N–H and O–H groups in total. The first-order valence-electron chi connectivity index (χ1n) is 5.97. The van der Waals surface area contributed by atoms with Gasteiger partial charge >= 0.3 is 0 Å². The summed E-state index contributed by atoms with van der Waals surface area (Å²) < 4.78 is 2.09. The molecule has 0 unspecified atom stereocenters. The van der Waals surface area contributed by atoms with Crippen LogP contribution in [0.5, 0.6) is 0 Å². The largest absolute Gasteiger partial charge is 0.313 e. The molecule has 0 aliphatic carbocycles. The number of hydrogen-bond donors (Lipinski definition) is 1.